The summed E-state index contributed by atoms with van der Waals surface area (Å²) >= 11 is 0. The van der Waals surface area contributed by atoms with Crippen LogP contribution in [0.3, 0.4) is 0 Å². The molecule has 106 valence electrons. The molecule has 4 rings (SSSR count). The number of carboxylic acid groups (broad SMARTS) is 1. The number of benzene rings is 1. The fourth-order valence-corrected chi connectivity index (χ4v) is 3.01. The van der Waals surface area contributed by atoms with Gasteiger partial charge < -0.3 is 14.8 Å². The summed E-state index contributed by atoms with van der Waals surface area (Å²) in [7, 11) is -0.915. The Hall–Kier alpha value is -2.35. The molecule has 8 heteroatoms. The van der Waals surface area contributed by atoms with Gasteiger partial charge in [-0.3, -0.25) is 0 Å². The number of rotatable bonds is 3. The minimum Gasteiger partial charge on any atom is -0.535 e. The van der Waals surface area contributed by atoms with Gasteiger partial charge in [0.25, 0.3) is 0 Å². The predicted octanol–water partition coefficient (Wildman–Crippen LogP) is 0.755. The zero-order chi connectivity index (χ0) is 14.6. The van der Waals surface area contributed by atoms with E-state index in [-0.39, 0.29) is 17.3 Å². The summed E-state index contributed by atoms with van der Waals surface area (Å²) < 4.78 is 7.02. The predicted molar refractivity (Wildman–Crippen MR) is 72.2 cm³/mol. The van der Waals surface area contributed by atoms with Crippen molar-refractivity contribution in [1.82, 2.24) is 15.0 Å². The van der Waals surface area contributed by atoms with Crippen molar-refractivity contribution < 1.29 is 19.6 Å². The molecule has 2 aromatic rings. The van der Waals surface area contributed by atoms with Gasteiger partial charge >= 0.3 is 13.1 Å². The standard InChI is InChI=1S/C13H12BN3O4/c18-13(19)11-7(6-17-4-3-15-16-17)1-2-8-9-5-10(9)14(20)21-12(8)11/h1-4,9-10,20H,5-6H2,(H,18,19). The van der Waals surface area contributed by atoms with E-state index in [2.05, 4.69) is 10.3 Å². The number of aromatic nitrogens is 3. The number of hydrogen-bond acceptors (Lipinski definition) is 5. The third kappa shape index (κ3) is 1.91. The first-order valence-electron chi connectivity index (χ1n) is 6.73. The highest BCUT2D eigenvalue weighted by Gasteiger charge is 2.54. The number of hydrogen-bond donors (Lipinski definition) is 2. The van der Waals surface area contributed by atoms with Crippen molar-refractivity contribution in [3.63, 3.8) is 0 Å². The lowest BCUT2D eigenvalue weighted by atomic mass is 9.77. The van der Waals surface area contributed by atoms with Gasteiger partial charge in [0, 0.05) is 12.0 Å². The highest BCUT2D eigenvalue weighted by Crippen LogP contribution is 2.60. The van der Waals surface area contributed by atoms with Gasteiger partial charge in [0.05, 0.1) is 12.7 Å². The van der Waals surface area contributed by atoms with E-state index in [1.807, 2.05) is 6.07 Å². The third-order valence-electron chi connectivity index (χ3n) is 4.14. The Labute approximate surface area is 120 Å². The molecule has 1 aliphatic heterocycles. The molecular formula is C13H12BN3O4. The molecule has 2 atom stereocenters. The van der Waals surface area contributed by atoms with Gasteiger partial charge in [0.15, 0.2) is 0 Å². The summed E-state index contributed by atoms with van der Waals surface area (Å²) in [6.45, 7) is 0.294. The van der Waals surface area contributed by atoms with Crippen molar-refractivity contribution in [2.24, 2.45) is 0 Å². The average Bonchev–Trinajstić information content (AvgIpc) is 3.10. The number of nitrogens with zero attached hydrogens (tertiary/aromatic N) is 3. The van der Waals surface area contributed by atoms with Gasteiger partial charge in [-0.05, 0) is 23.5 Å². The second-order valence-electron chi connectivity index (χ2n) is 5.44. The van der Waals surface area contributed by atoms with Crippen molar-refractivity contribution in [2.75, 3.05) is 0 Å². The molecule has 1 aromatic heterocycles. The summed E-state index contributed by atoms with van der Waals surface area (Å²) in [6.07, 6.45) is 4.04. The lowest BCUT2D eigenvalue weighted by Gasteiger charge is -2.22. The minimum atomic E-state index is -1.06. The largest absolute Gasteiger partial charge is 0.535 e. The van der Waals surface area contributed by atoms with Gasteiger partial charge in [0.1, 0.15) is 11.3 Å². The molecule has 0 spiro atoms. The van der Waals surface area contributed by atoms with Crippen LogP contribution in [0.1, 0.15) is 33.8 Å². The average molecular weight is 285 g/mol. The number of carbonyl (C=O) groups is 1. The Balaban J connectivity index is 1.81. The number of aromatic carboxylic acids is 1. The first kappa shape index (κ1) is 12.4. The van der Waals surface area contributed by atoms with Crippen LogP contribution in [0.15, 0.2) is 24.5 Å². The SMILES string of the molecule is O=C(O)c1c(Cn2ccnn2)ccc2c1OB(O)C1CC21. The molecule has 1 fully saturated rings. The van der Waals surface area contributed by atoms with Crippen molar-refractivity contribution in [3.05, 3.63) is 41.2 Å². The second-order valence-corrected chi connectivity index (χ2v) is 5.44. The Morgan fingerprint density at radius 2 is 2.38 bits per heavy atom. The van der Waals surface area contributed by atoms with Crippen LogP contribution >= 0.6 is 0 Å². The zero-order valence-corrected chi connectivity index (χ0v) is 11.0. The summed E-state index contributed by atoms with van der Waals surface area (Å²) in [5, 5.41) is 27.0. The summed E-state index contributed by atoms with van der Waals surface area (Å²) in [5.74, 6) is -0.456. The molecule has 2 heterocycles. The maximum Gasteiger partial charge on any atom is 0.526 e. The van der Waals surface area contributed by atoms with E-state index in [1.54, 1.807) is 16.9 Å². The van der Waals surface area contributed by atoms with Crippen LogP contribution in [0.25, 0.3) is 0 Å². The van der Waals surface area contributed by atoms with Crippen LogP contribution in [-0.2, 0) is 6.54 Å². The van der Waals surface area contributed by atoms with Crippen molar-refractivity contribution in [2.45, 2.75) is 24.7 Å². The topological polar surface area (TPSA) is 97.5 Å². The number of fused-ring (bicyclic) bond motifs is 3. The monoisotopic (exact) mass is 285 g/mol. The van der Waals surface area contributed by atoms with E-state index in [0.29, 0.717) is 17.9 Å². The smallest absolute Gasteiger partial charge is 0.526 e. The summed E-state index contributed by atoms with van der Waals surface area (Å²) in [5.41, 5.74) is 1.57. The maximum absolute atomic E-state index is 11.6. The third-order valence-corrected chi connectivity index (χ3v) is 4.14. The second kappa shape index (κ2) is 4.32. The molecule has 1 saturated carbocycles. The van der Waals surface area contributed by atoms with Crippen LogP contribution < -0.4 is 4.65 Å². The lowest BCUT2D eigenvalue weighted by molar-refractivity contribution is 0.0693. The zero-order valence-electron chi connectivity index (χ0n) is 11.0. The molecule has 2 N–H and O–H groups in total. The van der Waals surface area contributed by atoms with E-state index in [1.165, 1.54) is 6.20 Å². The highest BCUT2D eigenvalue weighted by molar-refractivity contribution is 6.48. The molecular weight excluding hydrogens is 273 g/mol. The molecule has 7 nitrogen and oxygen atoms in total. The van der Waals surface area contributed by atoms with Crippen molar-refractivity contribution in [1.29, 1.82) is 0 Å². The summed E-state index contributed by atoms with van der Waals surface area (Å²) in [4.78, 5) is 11.6. The Bertz CT molecular complexity index is 718. The van der Waals surface area contributed by atoms with Crippen LogP contribution in [0, 0.1) is 0 Å². The van der Waals surface area contributed by atoms with Crippen LogP contribution in [-0.4, -0.2) is 38.2 Å². The molecule has 0 bridgehead atoms. The minimum absolute atomic E-state index is 0.0975. The molecule has 1 aliphatic carbocycles. The molecule has 0 radical (unpaired) electrons. The van der Waals surface area contributed by atoms with Gasteiger partial charge in [-0.25, -0.2) is 9.48 Å². The fraction of sp³-hybridized carbons (Fsp3) is 0.308. The molecule has 1 aromatic carbocycles. The summed E-state index contributed by atoms with van der Waals surface area (Å²) in [6, 6.07) is 3.69. The van der Waals surface area contributed by atoms with Crippen LogP contribution in [0.4, 0.5) is 0 Å². The highest BCUT2D eigenvalue weighted by atomic mass is 16.5. The fourth-order valence-electron chi connectivity index (χ4n) is 3.01. The molecule has 2 aliphatic rings. The lowest BCUT2D eigenvalue weighted by Crippen LogP contribution is -2.28. The van der Waals surface area contributed by atoms with Crippen molar-refractivity contribution in [3.8, 4) is 5.75 Å². The Morgan fingerprint density at radius 1 is 1.52 bits per heavy atom. The van der Waals surface area contributed by atoms with E-state index in [4.69, 9.17) is 4.65 Å². The molecule has 21 heavy (non-hydrogen) atoms. The number of carboxylic acids is 1. The van der Waals surface area contributed by atoms with E-state index >= 15 is 0 Å². The molecule has 0 saturated heterocycles. The maximum atomic E-state index is 11.6. The van der Waals surface area contributed by atoms with E-state index < -0.39 is 13.1 Å². The van der Waals surface area contributed by atoms with Crippen LogP contribution in [0.2, 0.25) is 5.82 Å². The first-order valence-corrected chi connectivity index (χ1v) is 6.73. The van der Waals surface area contributed by atoms with Gasteiger partial charge in [-0.1, -0.05) is 17.3 Å². The Kier molecular flexibility index (Phi) is 2.55. The molecule has 2 unspecified atom stereocenters. The van der Waals surface area contributed by atoms with Crippen molar-refractivity contribution >= 4 is 13.1 Å². The molecule has 0 amide bonds. The normalized spacial score (nSPS) is 22.2. The first-order chi connectivity index (χ1) is 10.1. The van der Waals surface area contributed by atoms with Gasteiger partial charge in [0.2, 0.25) is 0 Å². The van der Waals surface area contributed by atoms with E-state index in [0.717, 1.165) is 12.0 Å². The quantitative estimate of drug-likeness (QED) is 0.808. The van der Waals surface area contributed by atoms with Gasteiger partial charge in [-0.2, -0.15) is 0 Å². The van der Waals surface area contributed by atoms with Gasteiger partial charge in [-0.15, -0.1) is 5.10 Å². The van der Waals surface area contributed by atoms with E-state index in [9.17, 15) is 14.9 Å². The van der Waals surface area contributed by atoms with Crippen LogP contribution in [0.5, 0.6) is 5.75 Å². The Morgan fingerprint density at radius 3 is 3.10 bits per heavy atom.